The van der Waals surface area contributed by atoms with Crippen LogP contribution in [0.4, 0.5) is 5.82 Å². The Bertz CT molecular complexity index is 405. The Morgan fingerprint density at radius 1 is 1.20 bits per heavy atom. The zero-order valence-corrected chi connectivity index (χ0v) is 13.6. The monoisotopic (exact) mass is 279 g/mol. The molecule has 20 heavy (non-hydrogen) atoms. The summed E-state index contributed by atoms with van der Waals surface area (Å²) < 4.78 is 5.86. The van der Waals surface area contributed by atoms with Crippen molar-refractivity contribution in [1.82, 2.24) is 9.97 Å². The molecule has 0 fully saturated rings. The lowest BCUT2D eigenvalue weighted by molar-refractivity contribution is 0.284. The highest BCUT2D eigenvalue weighted by molar-refractivity contribution is 5.48. The molecular weight excluding hydrogens is 250 g/mol. The first-order chi connectivity index (χ1) is 9.58. The van der Waals surface area contributed by atoms with E-state index in [1.54, 1.807) is 0 Å². The quantitative estimate of drug-likeness (QED) is 0.694. The summed E-state index contributed by atoms with van der Waals surface area (Å²) in [6.45, 7) is 12.4. The number of rotatable bonds is 9. The lowest BCUT2D eigenvalue weighted by Gasteiger charge is -2.14. The molecule has 0 saturated carbocycles. The van der Waals surface area contributed by atoms with Crippen LogP contribution < -0.4 is 10.1 Å². The second kappa shape index (κ2) is 8.77. The fraction of sp³-hybridized carbons (Fsp3) is 0.750. The summed E-state index contributed by atoms with van der Waals surface area (Å²) in [4.78, 5) is 9.05. The van der Waals surface area contributed by atoms with Gasteiger partial charge in [0.1, 0.15) is 11.6 Å². The van der Waals surface area contributed by atoms with E-state index in [4.69, 9.17) is 4.74 Å². The largest absolute Gasteiger partial charge is 0.477 e. The van der Waals surface area contributed by atoms with Gasteiger partial charge in [-0.25, -0.2) is 4.98 Å². The summed E-state index contributed by atoms with van der Waals surface area (Å²) in [7, 11) is 0. The third-order valence-electron chi connectivity index (χ3n) is 3.17. The summed E-state index contributed by atoms with van der Waals surface area (Å²) in [6, 6.07) is 0. The van der Waals surface area contributed by atoms with Gasteiger partial charge < -0.3 is 10.1 Å². The van der Waals surface area contributed by atoms with Gasteiger partial charge in [0.25, 0.3) is 0 Å². The molecule has 0 aliphatic rings. The summed E-state index contributed by atoms with van der Waals surface area (Å²) in [6.07, 6.45) is 4.16. The van der Waals surface area contributed by atoms with Crippen LogP contribution in [0.1, 0.15) is 58.3 Å². The third kappa shape index (κ3) is 5.35. The Hall–Kier alpha value is -1.32. The Labute approximate surface area is 123 Å². The minimum Gasteiger partial charge on any atom is -0.477 e. The maximum absolute atomic E-state index is 5.86. The highest BCUT2D eigenvalue weighted by atomic mass is 16.5. The van der Waals surface area contributed by atoms with Crippen molar-refractivity contribution in [3.05, 3.63) is 11.4 Å². The van der Waals surface area contributed by atoms with Crippen LogP contribution >= 0.6 is 0 Å². The summed E-state index contributed by atoms with van der Waals surface area (Å²) >= 11 is 0. The summed E-state index contributed by atoms with van der Waals surface area (Å²) in [5, 5.41) is 3.36. The Balaban J connectivity index is 2.72. The molecule has 1 aromatic heterocycles. The number of hydrogen-bond donors (Lipinski definition) is 1. The number of aryl methyl sites for hydroxylation is 1. The predicted octanol–water partition coefficient (Wildman–Crippen LogP) is 3.98. The number of nitrogens with one attached hydrogen (secondary N) is 1. The smallest absolute Gasteiger partial charge is 0.221 e. The van der Waals surface area contributed by atoms with Gasteiger partial charge in [0, 0.05) is 13.0 Å². The van der Waals surface area contributed by atoms with E-state index in [0.717, 1.165) is 61.4 Å². The second-order valence-corrected chi connectivity index (χ2v) is 5.58. The molecule has 0 radical (unpaired) electrons. The Morgan fingerprint density at radius 2 is 1.95 bits per heavy atom. The van der Waals surface area contributed by atoms with Crippen molar-refractivity contribution in [2.75, 3.05) is 18.5 Å². The first-order valence-electron chi connectivity index (χ1n) is 7.82. The van der Waals surface area contributed by atoms with Crippen molar-refractivity contribution >= 4 is 5.82 Å². The number of anilines is 1. The third-order valence-corrected chi connectivity index (χ3v) is 3.17. The van der Waals surface area contributed by atoms with E-state index < -0.39 is 0 Å². The number of hydrogen-bond acceptors (Lipinski definition) is 4. The fourth-order valence-electron chi connectivity index (χ4n) is 1.91. The van der Waals surface area contributed by atoms with Crippen molar-refractivity contribution in [1.29, 1.82) is 0 Å². The van der Waals surface area contributed by atoms with Crippen molar-refractivity contribution in [3.63, 3.8) is 0 Å². The maximum atomic E-state index is 5.86. The second-order valence-electron chi connectivity index (χ2n) is 5.58. The van der Waals surface area contributed by atoms with Gasteiger partial charge in [-0.05, 0) is 32.1 Å². The molecule has 4 nitrogen and oxygen atoms in total. The molecule has 0 bridgehead atoms. The first kappa shape index (κ1) is 16.7. The molecule has 0 spiro atoms. The average Bonchev–Trinajstić information content (AvgIpc) is 2.43. The van der Waals surface area contributed by atoms with Crippen LogP contribution in [0.25, 0.3) is 0 Å². The van der Waals surface area contributed by atoms with Crippen molar-refractivity contribution in [2.24, 2.45) is 5.92 Å². The molecule has 0 aliphatic carbocycles. The molecule has 0 amide bonds. The molecule has 1 heterocycles. The molecule has 4 heteroatoms. The lowest BCUT2D eigenvalue weighted by atomic mass is 10.1. The van der Waals surface area contributed by atoms with E-state index in [1.807, 2.05) is 6.92 Å². The maximum Gasteiger partial charge on any atom is 0.221 e. The van der Waals surface area contributed by atoms with Crippen LogP contribution in [0.15, 0.2) is 0 Å². The average molecular weight is 279 g/mol. The standard InChI is InChI=1S/C16H29N3O/c1-6-10-17-15-13(5)16(19-14(7-2)18-15)20-11-8-9-12(3)4/h12H,6-11H2,1-5H3,(H,17,18,19). The Morgan fingerprint density at radius 3 is 2.55 bits per heavy atom. The minimum atomic E-state index is 0.720. The van der Waals surface area contributed by atoms with Gasteiger partial charge >= 0.3 is 0 Å². The van der Waals surface area contributed by atoms with Crippen LogP contribution in [-0.4, -0.2) is 23.1 Å². The van der Waals surface area contributed by atoms with Gasteiger partial charge in [-0.1, -0.05) is 27.7 Å². The molecule has 0 aromatic carbocycles. The van der Waals surface area contributed by atoms with E-state index >= 15 is 0 Å². The minimum absolute atomic E-state index is 0.720. The molecule has 1 aromatic rings. The number of ether oxygens (including phenoxy) is 1. The molecular formula is C16H29N3O. The van der Waals surface area contributed by atoms with Crippen molar-refractivity contribution < 1.29 is 4.74 Å². The van der Waals surface area contributed by atoms with Gasteiger partial charge in [0.05, 0.1) is 12.2 Å². The molecule has 1 rings (SSSR count). The lowest BCUT2D eigenvalue weighted by Crippen LogP contribution is -2.10. The van der Waals surface area contributed by atoms with E-state index in [2.05, 4.69) is 43.0 Å². The Kier molecular flexibility index (Phi) is 7.34. The van der Waals surface area contributed by atoms with E-state index in [0.29, 0.717) is 0 Å². The summed E-state index contributed by atoms with van der Waals surface area (Å²) in [5.41, 5.74) is 1.01. The molecule has 0 aliphatic heterocycles. The van der Waals surface area contributed by atoms with Gasteiger partial charge in [0.2, 0.25) is 5.88 Å². The van der Waals surface area contributed by atoms with Crippen LogP contribution in [0.3, 0.4) is 0 Å². The van der Waals surface area contributed by atoms with Gasteiger partial charge in [-0.15, -0.1) is 0 Å². The fourth-order valence-corrected chi connectivity index (χ4v) is 1.91. The molecule has 0 atom stereocenters. The normalized spacial score (nSPS) is 10.9. The molecule has 1 N–H and O–H groups in total. The molecule has 114 valence electrons. The molecule has 0 saturated heterocycles. The predicted molar refractivity (Wildman–Crippen MR) is 84.5 cm³/mol. The topological polar surface area (TPSA) is 47.0 Å². The van der Waals surface area contributed by atoms with Crippen molar-refractivity contribution in [3.8, 4) is 5.88 Å². The zero-order chi connectivity index (χ0) is 15.0. The van der Waals surface area contributed by atoms with Gasteiger partial charge in [0.15, 0.2) is 0 Å². The summed E-state index contributed by atoms with van der Waals surface area (Å²) in [5.74, 6) is 3.21. The highest BCUT2D eigenvalue weighted by Gasteiger charge is 2.11. The van der Waals surface area contributed by atoms with Crippen LogP contribution in [-0.2, 0) is 6.42 Å². The van der Waals surface area contributed by atoms with E-state index in [1.165, 1.54) is 6.42 Å². The van der Waals surface area contributed by atoms with Crippen LogP contribution in [0, 0.1) is 12.8 Å². The first-order valence-corrected chi connectivity index (χ1v) is 7.82. The van der Waals surface area contributed by atoms with E-state index in [9.17, 15) is 0 Å². The SMILES string of the molecule is CCCNc1nc(CC)nc(OCCCC(C)C)c1C. The van der Waals surface area contributed by atoms with Crippen molar-refractivity contribution in [2.45, 2.75) is 60.3 Å². The number of nitrogens with zero attached hydrogens (tertiary/aromatic N) is 2. The molecule has 0 unspecified atom stereocenters. The number of aromatic nitrogens is 2. The zero-order valence-electron chi connectivity index (χ0n) is 13.6. The highest BCUT2D eigenvalue weighted by Crippen LogP contribution is 2.22. The van der Waals surface area contributed by atoms with Gasteiger partial charge in [-0.3, -0.25) is 0 Å². The van der Waals surface area contributed by atoms with Crippen LogP contribution in [0.2, 0.25) is 0 Å². The van der Waals surface area contributed by atoms with Gasteiger partial charge in [-0.2, -0.15) is 4.98 Å². The van der Waals surface area contributed by atoms with Crippen LogP contribution in [0.5, 0.6) is 5.88 Å². The van der Waals surface area contributed by atoms with E-state index in [-0.39, 0.29) is 0 Å².